The highest BCUT2D eigenvalue weighted by Gasteiger charge is 2.22. The molecule has 2 amide bonds. The fourth-order valence-corrected chi connectivity index (χ4v) is 1.98. The van der Waals surface area contributed by atoms with E-state index in [-0.39, 0.29) is 18.5 Å². The molecule has 7 heteroatoms. The number of amides is 2. The fraction of sp³-hybridized carbons (Fsp3) is 0.214. The molecule has 0 aliphatic rings. The minimum atomic E-state index is -1.21. The highest BCUT2D eigenvalue weighted by molar-refractivity contribution is 5.99. The number of carboxylic acids is 1. The van der Waals surface area contributed by atoms with Gasteiger partial charge in [0.25, 0.3) is 5.91 Å². The molecule has 0 aliphatic heterocycles. The summed E-state index contributed by atoms with van der Waals surface area (Å²) in [6.45, 7) is 0. The number of aromatic amines is 1. The van der Waals surface area contributed by atoms with Crippen LogP contribution in [-0.2, 0) is 9.59 Å². The number of carbonyl (C=O) groups excluding carboxylic acids is 2. The average Bonchev–Trinajstić information content (AvgIpc) is 2.86. The van der Waals surface area contributed by atoms with Gasteiger partial charge in [0.15, 0.2) is 0 Å². The third-order valence-corrected chi connectivity index (χ3v) is 3.06. The Balaban J connectivity index is 2.10. The molecular formula is C14H15N3O4. The van der Waals surface area contributed by atoms with E-state index >= 15 is 0 Å². The van der Waals surface area contributed by atoms with E-state index in [1.54, 1.807) is 6.07 Å². The van der Waals surface area contributed by atoms with Crippen LogP contribution in [-0.4, -0.2) is 33.9 Å². The summed E-state index contributed by atoms with van der Waals surface area (Å²) in [5.74, 6) is -2.36. The average molecular weight is 289 g/mol. The summed E-state index contributed by atoms with van der Waals surface area (Å²) < 4.78 is 0. The molecular weight excluding hydrogens is 274 g/mol. The summed E-state index contributed by atoms with van der Waals surface area (Å²) >= 11 is 0. The molecule has 1 aromatic heterocycles. The van der Waals surface area contributed by atoms with E-state index < -0.39 is 23.8 Å². The van der Waals surface area contributed by atoms with Crippen molar-refractivity contribution in [2.75, 3.05) is 0 Å². The van der Waals surface area contributed by atoms with Crippen molar-refractivity contribution in [2.24, 2.45) is 5.73 Å². The second kappa shape index (κ2) is 6.08. The molecule has 1 aromatic carbocycles. The lowest BCUT2D eigenvalue weighted by Gasteiger charge is -2.12. The molecule has 0 fully saturated rings. The minimum absolute atomic E-state index is 0.0450. The van der Waals surface area contributed by atoms with Crippen LogP contribution in [0.4, 0.5) is 0 Å². The molecule has 1 atom stereocenters. The summed E-state index contributed by atoms with van der Waals surface area (Å²) in [5, 5.41) is 12.3. The number of aromatic nitrogens is 1. The smallest absolute Gasteiger partial charge is 0.326 e. The van der Waals surface area contributed by atoms with Crippen LogP contribution in [0.15, 0.2) is 30.3 Å². The van der Waals surface area contributed by atoms with Crippen LogP contribution in [0.25, 0.3) is 10.9 Å². The van der Waals surface area contributed by atoms with E-state index in [1.165, 1.54) is 0 Å². The van der Waals surface area contributed by atoms with Crippen molar-refractivity contribution >= 4 is 28.7 Å². The Bertz CT molecular complexity index is 659. The molecule has 5 N–H and O–H groups in total. The van der Waals surface area contributed by atoms with Crippen LogP contribution < -0.4 is 11.1 Å². The van der Waals surface area contributed by atoms with Gasteiger partial charge in [0.2, 0.25) is 5.91 Å². The molecule has 21 heavy (non-hydrogen) atoms. The standard InChI is InChI=1S/C14H15N3O4/c15-12(18)6-5-10(14(20)21)17-13(19)11-7-8-3-1-2-4-9(8)16-11/h1-4,7,10,16H,5-6H2,(H2,15,18)(H,17,19)(H,20,21). The second-order valence-corrected chi connectivity index (χ2v) is 4.64. The molecule has 0 spiro atoms. The zero-order chi connectivity index (χ0) is 15.4. The number of primary amides is 1. The van der Waals surface area contributed by atoms with Crippen molar-refractivity contribution < 1.29 is 19.5 Å². The zero-order valence-corrected chi connectivity index (χ0v) is 11.1. The first-order chi connectivity index (χ1) is 9.97. The Hall–Kier alpha value is -2.83. The quantitative estimate of drug-likeness (QED) is 0.621. The number of aliphatic carboxylic acids is 1. The van der Waals surface area contributed by atoms with Crippen molar-refractivity contribution in [3.63, 3.8) is 0 Å². The van der Waals surface area contributed by atoms with Gasteiger partial charge in [-0.05, 0) is 18.6 Å². The number of para-hydroxylation sites is 1. The topological polar surface area (TPSA) is 125 Å². The van der Waals surface area contributed by atoms with Gasteiger partial charge in [0.05, 0.1) is 0 Å². The first-order valence-corrected chi connectivity index (χ1v) is 6.37. The monoisotopic (exact) mass is 289 g/mol. The minimum Gasteiger partial charge on any atom is -0.480 e. The van der Waals surface area contributed by atoms with Gasteiger partial charge in [-0.3, -0.25) is 9.59 Å². The predicted octanol–water partition coefficient (Wildman–Crippen LogP) is 0.616. The second-order valence-electron chi connectivity index (χ2n) is 4.64. The predicted molar refractivity (Wildman–Crippen MR) is 75.6 cm³/mol. The normalized spacial score (nSPS) is 12.0. The van der Waals surface area contributed by atoms with Crippen LogP contribution in [0.2, 0.25) is 0 Å². The molecule has 0 saturated carbocycles. The number of hydrogen-bond donors (Lipinski definition) is 4. The molecule has 0 radical (unpaired) electrons. The van der Waals surface area contributed by atoms with Crippen molar-refractivity contribution in [1.29, 1.82) is 0 Å². The first kappa shape index (κ1) is 14.6. The van der Waals surface area contributed by atoms with E-state index in [0.717, 1.165) is 10.9 Å². The number of nitrogens with two attached hydrogens (primary N) is 1. The van der Waals surface area contributed by atoms with Gasteiger partial charge in [0, 0.05) is 17.3 Å². The summed E-state index contributed by atoms with van der Waals surface area (Å²) in [5.41, 5.74) is 6.03. The number of nitrogens with one attached hydrogen (secondary N) is 2. The Morgan fingerprint density at radius 2 is 2.00 bits per heavy atom. The number of benzene rings is 1. The Kier molecular flexibility index (Phi) is 4.22. The lowest BCUT2D eigenvalue weighted by atomic mass is 10.1. The van der Waals surface area contributed by atoms with Gasteiger partial charge in [0.1, 0.15) is 11.7 Å². The lowest BCUT2D eigenvalue weighted by molar-refractivity contribution is -0.139. The van der Waals surface area contributed by atoms with Crippen LogP contribution in [0.3, 0.4) is 0 Å². The third kappa shape index (κ3) is 3.59. The van der Waals surface area contributed by atoms with E-state index in [9.17, 15) is 14.4 Å². The largest absolute Gasteiger partial charge is 0.480 e. The SMILES string of the molecule is NC(=O)CCC(NC(=O)c1cc2ccccc2[nH]1)C(=O)O. The molecule has 0 bridgehead atoms. The van der Waals surface area contributed by atoms with Crippen LogP contribution in [0.5, 0.6) is 0 Å². The molecule has 2 rings (SSSR count). The summed E-state index contributed by atoms with van der Waals surface area (Å²) in [6, 6.07) is 7.80. The van der Waals surface area contributed by atoms with Gasteiger partial charge in [-0.2, -0.15) is 0 Å². The lowest BCUT2D eigenvalue weighted by Crippen LogP contribution is -2.41. The van der Waals surface area contributed by atoms with Crippen molar-refractivity contribution in [1.82, 2.24) is 10.3 Å². The number of rotatable bonds is 6. The highest BCUT2D eigenvalue weighted by Crippen LogP contribution is 2.14. The Morgan fingerprint density at radius 3 is 2.62 bits per heavy atom. The maximum atomic E-state index is 12.1. The van der Waals surface area contributed by atoms with Crippen LogP contribution in [0, 0.1) is 0 Å². The number of carbonyl (C=O) groups is 3. The van der Waals surface area contributed by atoms with Crippen molar-refractivity contribution in [3.8, 4) is 0 Å². The molecule has 2 aromatic rings. The first-order valence-electron chi connectivity index (χ1n) is 6.37. The van der Waals surface area contributed by atoms with Crippen molar-refractivity contribution in [2.45, 2.75) is 18.9 Å². The van der Waals surface area contributed by atoms with E-state index in [1.807, 2.05) is 24.3 Å². The van der Waals surface area contributed by atoms with Crippen LogP contribution in [0.1, 0.15) is 23.3 Å². The molecule has 7 nitrogen and oxygen atoms in total. The number of carboxylic acid groups (broad SMARTS) is 1. The fourth-order valence-electron chi connectivity index (χ4n) is 1.98. The van der Waals surface area contributed by atoms with Gasteiger partial charge in [-0.15, -0.1) is 0 Å². The molecule has 1 unspecified atom stereocenters. The highest BCUT2D eigenvalue weighted by atomic mass is 16.4. The van der Waals surface area contributed by atoms with E-state index in [2.05, 4.69) is 10.3 Å². The Labute approximate surface area is 120 Å². The molecule has 0 aliphatic carbocycles. The number of fused-ring (bicyclic) bond motifs is 1. The van der Waals surface area contributed by atoms with Gasteiger partial charge in [-0.25, -0.2) is 4.79 Å². The Morgan fingerprint density at radius 1 is 1.29 bits per heavy atom. The summed E-state index contributed by atoms with van der Waals surface area (Å²) in [6.07, 6.45) is -0.152. The summed E-state index contributed by atoms with van der Waals surface area (Å²) in [7, 11) is 0. The molecule has 1 heterocycles. The third-order valence-electron chi connectivity index (χ3n) is 3.06. The maximum absolute atomic E-state index is 12.1. The van der Waals surface area contributed by atoms with Gasteiger partial charge >= 0.3 is 5.97 Å². The van der Waals surface area contributed by atoms with E-state index in [0.29, 0.717) is 0 Å². The van der Waals surface area contributed by atoms with Gasteiger partial charge < -0.3 is 21.1 Å². The molecule has 0 saturated heterocycles. The maximum Gasteiger partial charge on any atom is 0.326 e. The zero-order valence-electron chi connectivity index (χ0n) is 11.1. The van der Waals surface area contributed by atoms with E-state index in [4.69, 9.17) is 10.8 Å². The number of hydrogen-bond acceptors (Lipinski definition) is 3. The molecule has 110 valence electrons. The number of H-pyrrole nitrogens is 1. The van der Waals surface area contributed by atoms with Crippen molar-refractivity contribution in [3.05, 3.63) is 36.0 Å². The van der Waals surface area contributed by atoms with Crippen LogP contribution >= 0.6 is 0 Å². The van der Waals surface area contributed by atoms with Gasteiger partial charge in [-0.1, -0.05) is 18.2 Å². The summed E-state index contributed by atoms with van der Waals surface area (Å²) in [4.78, 5) is 36.7.